The lowest BCUT2D eigenvalue weighted by atomic mass is 10.1. The molecule has 0 aromatic heterocycles. The molecular weight excluding hydrogens is 401 g/mol. The van der Waals surface area contributed by atoms with E-state index in [1.165, 1.54) is 12.1 Å². The fourth-order valence-electron chi connectivity index (χ4n) is 1.84. The summed E-state index contributed by atoms with van der Waals surface area (Å²) in [7, 11) is 0. The number of hydrogen-bond donors (Lipinski definition) is 2. The highest BCUT2D eigenvalue weighted by Crippen LogP contribution is 2.38. The summed E-state index contributed by atoms with van der Waals surface area (Å²) in [6, 6.07) is 3.75. The molecule has 2 N–H and O–H groups in total. The van der Waals surface area contributed by atoms with Crippen LogP contribution in [0.25, 0.3) is 0 Å². The topological polar surface area (TPSA) is 127 Å². The number of carboxylic acids is 2. The molecule has 8 nitrogen and oxygen atoms in total. The van der Waals surface area contributed by atoms with Crippen LogP contribution in [0.15, 0.2) is 24.3 Å². The van der Waals surface area contributed by atoms with Crippen LogP contribution in [0.2, 0.25) is 15.1 Å². The van der Waals surface area contributed by atoms with Crippen molar-refractivity contribution >= 4 is 52.4 Å². The van der Waals surface area contributed by atoms with E-state index in [-0.39, 0.29) is 20.8 Å². The van der Waals surface area contributed by atoms with E-state index in [4.69, 9.17) is 44.6 Å². The van der Waals surface area contributed by atoms with Crippen LogP contribution in [0.1, 0.15) is 20.7 Å². The Morgan fingerprint density at radius 1 is 0.880 bits per heavy atom. The molecule has 0 unspecified atom stereocenters. The number of rotatable bonds is 5. The van der Waals surface area contributed by atoms with Crippen molar-refractivity contribution in [2.75, 3.05) is 0 Å². The minimum absolute atomic E-state index is 0.0269. The van der Waals surface area contributed by atoms with E-state index in [0.29, 0.717) is 6.07 Å². The summed E-state index contributed by atoms with van der Waals surface area (Å²) in [4.78, 5) is 32.5. The predicted molar refractivity (Wildman–Crippen MR) is 88.6 cm³/mol. The van der Waals surface area contributed by atoms with Gasteiger partial charge in [0.05, 0.1) is 20.0 Å². The standard InChI is InChI=1S/C14H6Cl3NO7/c15-7-3-9(17)12(4-8(7)16)25-11-2-5(13(19)20)10(18(23)24)1-6(11)14(21)22/h1-4H,(H,19,20)(H,21,22). The van der Waals surface area contributed by atoms with Crippen molar-refractivity contribution in [2.45, 2.75) is 0 Å². The van der Waals surface area contributed by atoms with Gasteiger partial charge >= 0.3 is 11.9 Å². The second kappa shape index (κ2) is 7.14. The van der Waals surface area contributed by atoms with E-state index in [1.54, 1.807) is 0 Å². The molecule has 0 amide bonds. The Balaban J connectivity index is 2.66. The lowest BCUT2D eigenvalue weighted by Crippen LogP contribution is -2.08. The van der Waals surface area contributed by atoms with Crippen molar-refractivity contribution in [3.05, 3.63) is 60.6 Å². The Morgan fingerprint density at radius 2 is 1.44 bits per heavy atom. The lowest BCUT2D eigenvalue weighted by Gasteiger charge is -2.12. The first kappa shape index (κ1) is 18.8. The Bertz CT molecular complexity index is 914. The first-order valence-electron chi connectivity index (χ1n) is 6.23. The Hall–Kier alpha value is -2.55. The summed E-state index contributed by atoms with van der Waals surface area (Å²) < 4.78 is 5.32. The Kier molecular flexibility index (Phi) is 5.36. The average Bonchev–Trinajstić information content (AvgIpc) is 2.51. The Labute approximate surface area is 154 Å². The van der Waals surface area contributed by atoms with E-state index in [1.807, 2.05) is 0 Å². The highest BCUT2D eigenvalue weighted by Gasteiger charge is 2.27. The van der Waals surface area contributed by atoms with Crippen LogP contribution in [-0.2, 0) is 0 Å². The molecule has 0 spiro atoms. The molecule has 2 aromatic carbocycles. The van der Waals surface area contributed by atoms with Gasteiger partial charge in [-0.15, -0.1) is 0 Å². The van der Waals surface area contributed by atoms with Gasteiger partial charge in [0, 0.05) is 18.2 Å². The molecule has 0 radical (unpaired) electrons. The molecule has 0 aliphatic rings. The molecule has 11 heteroatoms. The SMILES string of the molecule is O=C(O)c1cc([N+](=O)[O-])c(C(=O)O)cc1Oc1cc(Cl)c(Cl)cc1Cl. The number of nitro benzene ring substituents is 1. The molecule has 2 aromatic rings. The predicted octanol–water partition coefficient (Wildman–Crippen LogP) is 4.74. The second-order valence-electron chi connectivity index (χ2n) is 4.53. The van der Waals surface area contributed by atoms with Gasteiger partial charge in [0.1, 0.15) is 22.6 Å². The molecule has 0 saturated carbocycles. The van der Waals surface area contributed by atoms with Crippen LogP contribution in [0.3, 0.4) is 0 Å². The van der Waals surface area contributed by atoms with Gasteiger partial charge in [0.25, 0.3) is 5.69 Å². The maximum absolute atomic E-state index is 11.3. The minimum Gasteiger partial charge on any atom is -0.478 e. The number of halogens is 3. The van der Waals surface area contributed by atoms with E-state index < -0.39 is 39.4 Å². The van der Waals surface area contributed by atoms with Crippen molar-refractivity contribution < 1.29 is 29.5 Å². The summed E-state index contributed by atoms with van der Waals surface area (Å²) in [5.41, 5.74) is -2.27. The van der Waals surface area contributed by atoms with E-state index in [2.05, 4.69) is 0 Å². The number of nitro groups is 1. The summed E-state index contributed by atoms with van der Waals surface area (Å²) in [5.74, 6) is -3.76. The zero-order chi connectivity index (χ0) is 18.9. The number of hydrogen-bond acceptors (Lipinski definition) is 5. The summed E-state index contributed by atoms with van der Waals surface area (Å²) in [5, 5.41) is 29.4. The molecule has 25 heavy (non-hydrogen) atoms. The largest absolute Gasteiger partial charge is 0.478 e. The van der Waals surface area contributed by atoms with Crippen molar-refractivity contribution in [1.82, 2.24) is 0 Å². The summed E-state index contributed by atoms with van der Waals surface area (Å²) in [6.45, 7) is 0. The molecular formula is C14H6Cl3NO7. The molecule has 2 rings (SSSR count). The summed E-state index contributed by atoms with van der Waals surface area (Å²) >= 11 is 17.5. The lowest BCUT2D eigenvalue weighted by molar-refractivity contribution is -0.385. The Morgan fingerprint density at radius 3 is 1.96 bits per heavy atom. The zero-order valence-corrected chi connectivity index (χ0v) is 14.1. The van der Waals surface area contributed by atoms with Gasteiger partial charge in [-0.05, 0) is 6.07 Å². The van der Waals surface area contributed by atoms with Gasteiger partial charge in [0.15, 0.2) is 0 Å². The normalized spacial score (nSPS) is 10.4. The van der Waals surface area contributed by atoms with E-state index in [9.17, 15) is 24.8 Å². The number of carbonyl (C=O) groups is 2. The van der Waals surface area contributed by atoms with Crippen molar-refractivity contribution in [2.24, 2.45) is 0 Å². The maximum Gasteiger partial charge on any atom is 0.342 e. The van der Waals surface area contributed by atoms with Crippen LogP contribution in [0.4, 0.5) is 5.69 Å². The van der Waals surface area contributed by atoms with Gasteiger partial charge in [-0.2, -0.15) is 0 Å². The van der Waals surface area contributed by atoms with Crippen LogP contribution in [-0.4, -0.2) is 27.1 Å². The third kappa shape index (κ3) is 3.93. The zero-order valence-electron chi connectivity index (χ0n) is 11.8. The smallest absolute Gasteiger partial charge is 0.342 e. The average molecular weight is 407 g/mol. The quantitative estimate of drug-likeness (QED) is 0.417. The second-order valence-corrected chi connectivity index (χ2v) is 5.75. The molecule has 130 valence electrons. The number of aromatic carboxylic acids is 2. The van der Waals surface area contributed by atoms with Crippen molar-refractivity contribution in [3.8, 4) is 11.5 Å². The third-order valence-corrected chi connectivity index (χ3v) is 3.97. The molecule has 0 aliphatic heterocycles. The fourth-order valence-corrected chi connectivity index (χ4v) is 2.42. The van der Waals surface area contributed by atoms with E-state index in [0.717, 1.165) is 6.07 Å². The fraction of sp³-hybridized carbons (Fsp3) is 0. The number of nitrogens with zero attached hydrogens (tertiary/aromatic N) is 1. The third-order valence-electron chi connectivity index (χ3n) is 2.95. The number of benzene rings is 2. The molecule has 0 saturated heterocycles. The van der Waals surface area contributed by atoms with Crippen LogP contribution >= 0.6 is 34.8 Å². The highest BCUT2D eigenvalue weighted by atomic mass is 35.5. The highest BCUT2D eigenvalue weighted by molar-refractivity contribution is 6.43. The monoisotopic (exact) mass is 405 g/mol. The minimum atomic E-state index is -1.63. The summed E-state index contributed by atoms with van der Waals surface area (Å²) in [6.07, 6.45) is 0. The number of carboxylic acid groups (broad SMARTS) is 2. The molecule has 0 bridgehead atoms. The number of ether oxygens (including phenoxy) is 1. The van der Waals surface area contributed by atoms with Gasteiger partial charge < -0.3 is 14.9 Å². The maximum atomic E-state index is 11.3. The van der Waals surface area contributed by atoms with Crippen molar-refractivity contribution in [1.29, 1.82) is 0 Å². The molecule has 0 atom stereocenters. The van der Waals surface area contributed by atoms with Gasteiger partial charge in [-0.1, -0.05) is 34.8 Å². The van der Waals surface area contributed by atoms with Gasteiger partial charge in [0.2, 0.25) is 0 Å². The van der Waals surface area contributed by atoms with E-state index >= 15 is 0 Å². The van der Waals surface area contributed by atoms with Crippen LogP contribution < -0.4 is 4.74 Å². The van der Waals surface area contributed by atoms with Crippen LogP contribution in [0.5, 0.6) is 11.5 Å². The molecule has 0 heterocycles. The van der Waals surface area contributed by atoms with Crippen molar-refractivity contribution in [3.63, 3.8) is 0 Å². The van der Waals surface area contributed by atoms with Gasteiger partial charge in [-0.25, -0.2) is 9.59 Å². The molecule has 0 aliphatic carbocycles. The first-order chi connectivity index (χ1) is 11.6. The van der Waals surface area contributed by atoms with Gasteiger partial charge in [-0.3, -0.25) is 10.1 Å². The molecule has 0 fully saturated rings. The van der Waals surface area contributed by atoms with Crippen LogP contribution in [0, 0.1) is 10.1 Å². The first-order valence-corrected chi connectivity index (χ1v) is 7.36.